The summed E-state index contributed by atoms with van der Waals surface area (Å²) in [6.07, 6.45) is 1.48. The fraction of sp³-hybridized carbons (Fsp3) is 0.111. The lowest BCUT2D eigenvalue weighted by Gasteiger charge is -2.05. The predicted octanol–water partition coefficient (Wildman–Crippen LogP) is 3.50. The Hall–Kier alpha value is -3.06. The van der Waals surface area contributed by atoms with E-state index in [1.165, 1.54) is 19.3 Å². The number of methoxy groups -OCH3 is 1. The third kappa shape index (κ3) is 3.33. The highest BCUT2D eigenvalue weighted by Crippen LogP contribution is 2.27. The number of aromatic hydroxyl groups is 1. The fourth-order valence-corrected chi connectivity index (χ4v) is 1.96. The molecule has 0 heterocycles. The van der Waals surface area contributed by atoms with E-state index in [4.69, 9.17) is 4.74 Å². The predicted molar refractivity (Wildman–Crippen MR) is 83.8 cm³/mol. The molecule has 2 aromatic rings. The van der Waals surface area contributed by atoms with Gasteiger partial charge in [-0.3, -0.25) is 4.79 Å². The summed E-state index contributed by atoms with van der Waals surface area (Å²) in [7, 11) is 1.44. The number of ketones is 1. The van der Waals surface area contributed by atoms with Crippen LogP contribution in [0.5, 0.6) is 11.5 Å². The maximum Gasteiger partial charge on any atom is 0.203 e. The topological polar surface area (TPSA) is 70.3 Å². The van der Waals surface area contributed by atoms with Crippen molar-refractivity contribution in [3.05, 3.63) is 64.7 Å². The Balaban J connectivity index is 2.37. The van der Waals surface area contributed by atoms with Crippen LogP contribution in [0.4, 0.5) is 0 Å². The maximum atomic E-state index is 12.3. The van der Waals surface area contributed by atoms with Gasteiger partial charge < -0.3 is 9.84 Å². The van der Waals surface area contributed by atoms with Crippen LogP contribution in [0.25, 0.3) is 6.08 Å². The lowest BCUT2D eigenvalue weighted by Crippen LogP contribution is -2.01. The molecule has 1 N–H and O–H groups in total. The summed E-state index contributed by atoms with van der Waals surface area (Å²) >= 11 is 0. The first kappa shape index (κ1) is 15.3. The number of carbonyl (C=O) groups is 1. The Morgan fingerprint density at radius 2 is 1.91 bits per heavy atom. The van der Waals surface area contributed by atoms with E-state index in [2.05, 4.69) is 0 Å². The zero-order chi connectivity index (χ0) is 16.1. The highest BCUT2D eigenvalue weighted by molar-refractivity contribution is 6.14. The number of rotatable bonds is 4. The minimum absolute atomic E-state index is 0.00280. The van der Waals surface area contributed by atoms with Crippen molar-refractivity contribution in [2.75, 3.05) is 7.11 Å². The van der Waals surface area contributed by atoms with Crippen molar-refractivity contribution in [2.24, 2.45) is 0 Å². The van der Waals surface area contributed by atoms with Crippen LogP contribution >= 0.6 is 0 Å². The summed E-state index contributed by atoms with van der Waals surface area (Å²) in [4.78, 5) is 12.3. The van der Waals surface area contributed by atoms with Gasteiger partial charge in [0, 0.05) is 5.56 Å². The minimum Gasteiger partial charge on any atom is -0.504 e. The highest BCUT2D eigenvalue weighted by Gasteiger charge is 2.12. The lowest BCUT2D eigenvalue weighted by molar-refractivity contribution is 0.104. The van der Waals surface area contributed by atoms with Gasteiger partial charge >= 0.3 is 0 Å². The molecule has 4 heteroatoms. The van der Waals surface area contributed by atoms with Gasteiger partial charge in [-0.15, -0.1) is 0 Å². The first-order chi connectivity index (χ1) is 10.5. The van der Waals surface area contributed by atoms with Crippen LogP contribution in [0.15, 0.2) is 48.0 Å². The molecular weight excluding hydrogens is 278 g/mol. The zero-order valence-electron chi connectivity index (χ0n) is 12.3. The Bertz CT molecular complexity index is 768. The van der Waals surface area contributed by atoms with E-state index in [9.17, 15) is 15.2 Å². The second kappa shape index (κ2) is 6.59. The number of allylic oxidation sites excluding steroid dienone is 1. The number of carbonyl (C=O) groups excluding carboxylic acids is 1. The number of benzene rings is 2. The molecule has 0 fully saturated rings. The third-order valence-corrected chi connectivity index (χ3v) is 3.19. The first-order valence-electron chi connectivity index (χ1n) is 6.65. The summed E-state index contributed by atoms with van der Waals surface area (Å²) in [5.74, 6) is -0.0496. The van der Waals surface area contributed by atoms with E-state index in [0.29, 0.717) is 11.1 Å². The number of ether oxygens (including phenoxy) is 1. The molecule has 0 aliphatic rings. The van der Waals surface area contributed by atoms with Gasteiger partial charge in [-0.1, -0.05) is 35.9 Å². The van der Waals surface area contributed by atoms with Gasteiger partial charge in [0.2, 0.25) is 5.78 Å². The van der Waals surface area contributed by atoms with Crippen molar-refractivity contribution >= 4 is 11.9 Å². The summed E-state index contributed by atoms with van der Waals surface area (Å²) < 4.78 is 5.01. The molecule has 110 valence electrons. The molecule has 0 spiro atoms. The molecule has 0 aliphatic carbocycles. The molecule has 0 saturated heterocycles. The van der Waals surface area contributed by atoms with Crippen molar-refractivity contribution in [3.8, 4) is 17.6 Å². The molecular formula is C18H15NO3. The Morgan fingerprint density at radius 1 is 1.23 bits per heavy atom. The van der Waals surface area contributed by atoms with Crippen molar-refractivity contribution in [1.29, 1.82) is 5.26 Å². The average molecular weight is 293 g/mol. The zero-order valence-corrected chi connectivity index (χ0v) is 12.3. The number of nitriles is 1. The lowest BCUT2D eigenvalue weighted by atomic mass is 10.0. The van der Waals surface area contributed by atoms with Crippen molar-refractivity contribution in [2.45, 2.75) is 6.92 Å². The number of phenols is 1. The Kier molecular flexibility index (Phi) is 4.60. The monoisotopic (exact) mass is 293 g/mol. The summed E-state index contributed by atoms with van der Waals surface area (Å²) in [5, 5.41) is 18.8. The van der Waals surface area contributed by atoms with Gasteiger partial charge in [-0.05, 0) is 30.7 Å². The second-order valence-electron chi connectivity index (χ2n) is 4.80. The van der Waals surface area contributed by atoms with Gasteiger partial charge in [0.1, 0.15) is 11.6 Å². The van der Waals surface area contributed by atoms with Gasteiger partial charge in [-0.2, -0.15) is 5.26 Å². The maximum absolute atomic E-state index is 12.3. The number of aryl methyl sites for hydroxylation is 1. The molecule has 0 amide bonds. The number of hydrogen-bond acceptors (Lipinski definition) is 4. The standard InChI is InChI=1S/C18H15NO3/c1-12-3-6-14(7-4-12)18(21)15(11-19)9-13-5-8-16(20)17(10-13)22-2/h3-10,20H,1-2H3/b15-9+. The SMILES string of the molecule is COc1cc(/C=C(\C#N)C(=O)c2ccc(C)cc2)ccc1O. The van der Waals surface area contributed by atoms with E-state index in [1.807, 2.05) is 25.1 Å². The Morgan fingerprint density at radius 3 is 2.50 bits per heavy atom. The quantitative estimate of drug-likeness (QED) is 0.532. The van der Waals surface area contributed by atoms with Gasteiger partial charge in [0.15, 0.2) is 11.5 Å². The van der Waals surface area contributed by atoms with Crippen LogP contribution in [0.1, 0.15) is 21.5 Å². The van der Waals surface area contributed by atoms with Gasteiger partial charge in [-0.25, -0.2) is 0 Å². The molecule has 0 aromatic heterocycles. The van der Waals surface area contributed by atoms with E-state index in [-0.39, 0.29) is 22.9 Å². The normalized spacial score (nSPS) is 10.9. The molecule has 2 rings (SSSR count). The summed E-state index contributed by atoms with van der Waals surface area (Å²) in [6.45, 7) is 1.93. The average Bonchev–Trinajstić information content (AvgIpc) is 2.54. The summed E-state index contributed by atoms with van der Waals surface area (Å²) in [5.41, 5.74) is 2.13. The van der Waals surface area contributed by atoms with Crippen molar-refractivity contribution < 1.29 is 14.6 Å². The van der Waals surface area contributed by atoms with Crippen LogP contribution in [-0.4, -0.2) is 18.0 Å². The molecule has 0 atom stereocenters. The van der Waals surface area contributed by atoms with Crippen LogP contribution < -0.4 is 4.74 Å². The van der Waals surface area contributed by atoms with Crippen LogP contribution in [0.3, 0.4) is 0 Å². The van der Waals surface area contributed by atoms with Gasteiger partial charge in [0.25, 0.3) is 0 Å². The largest absolute Gasteiger partial charge is 0.504 e. The molecule has 4 nitrogen and oxygen atoms in total. The molecule has 2 aromatic carbocycles. The van der Waals surface area contributed by atoms with Crippen LogP contribution in [0.2, 0.25) is 0 Å². The minimum atomic E-state index is -0.338. The molecule has 0 saturated carbocycles. The Labute approximate surface area is 128 Å². The molecule has 22 heavy (non-hydrogen) atoms. The molecule has 0 aliphatic heterocycles. The molecule has 0 radical (unpaired) electrons. The fourth-order valence-electron chi connectivity index (χ4n) is 1.96. The van der Waals surface area contributed by atoms with E-state index in [1.54, 1.807) is 24.3 Å². The highest BCUT2D eigenvalue weighted by atomic mass is 16.5. The number of hydrogen-bond donors (Lipinski definition) is 1. The van der Waals surface area contributed by atoms with Crippen molar-refractivity contribution in [1.82, 2.24) is 0 Å². The molecule has 0 bridgehead atoms. The van der Waals surface area contributed by atoms with Crippen LogP contribution in [-0.2, 0) is 0 Å². The van der Waals surface area contributed by atoms with Crippen LogP contribution in [0, 0.1) is 18.3 Å². The number of phenolic OH excluding ortho intramolecular Hbond substituents is 1. The van der Waals surface area contributed by atoms with E-state index < -0.39 is 0 Å². The van der Waals surface area contributed by atoms with E-state index in [0.717, 1.165) is 5.56 Å². The number of Topliss-reactive ketones (excluding diaryl/α,β-unsaturated/α-hetero) is 1. The van der Waals surface area contributed by atoms with Gasteiger partial charge in [0.05, 0.1) is 7.11 Å². The smallest absolute Gasteiger partial charge is 0.203 e. The summed E-state index contributed by atoms with van der Waals surface area (Å²) in [6, 6.07) is 13.6. The van der Waals surface area contributed by atoms with E-state index >= 15 is 0 Å². The third-order valence-electron chi connectivity index (χ3n) is 3.19. The first-order valence-corrected chi connectivity index (χ1v) is 6.65. The molecule has 0 unspecified atom stereocenters. The second-order valence-corrected chi connectivity index (χ2v) is 4.80. The number of nitrogens with zero attached hydrogens (tertiary/aromatic N) is 1. The van der Waals surface area contributed by atoms with Crippen molar-refractivity contribution in [3.63, 3.8) is 0 Å².